The smallest absolute Gasteiger partial charge is 0.226 e. The molecule has 0 amide bonds. The molecule has 0 aromatic carbocycles. The lowest BCUT2D eigenvalue weighted by molar-refractivity contribution is 0.111. The van der Waals surface area contributed by atoms with Gasteiger partial charge >= 0.3 is 0 Å². The number of aromatic nitrogens is 1. The number of aldehydes is 1. The summed E-state index contributed by atoms with van der Waals surface area (Å²) >= 11 is 1.80. The van der Waals surface area contributed by atoms with E-state index in [9.17, 15) is 9.18 Å². The fraction of sp³-hybridized carbons (Fsp3) is 0. The second-order valence-electron chi connectivity index (χ2n) is 1.63. The van der Waals surface area contributed by atoms with Gasteiger partial charge in [-0.25, -0.2) is 4.98 Å². The predicted molar refractivity (Wildman–Crippen MR) is 42.3 cm³/mol. The van der Waals surface area contributed by atoms with E-state index in [0.717, 1.165) is 0 Å². The van der Waals surface area contributed by atoms with Gasteiger partial charge in [0, 0.05) is 0 Å². The standard InChI is InChI=1S/C6H3FINO/c7-6-5(8)2-1-4(3-10)9-6/h1-3H. The minimum absolute atomic E-state index is 0.123. The molecule has 0 saturated carbocycles. The van der Waals surface area contributed by atoms with Gasteiger partial charge in [-0.3, -0.25) is 4.79 Å². The average Bonchev–Trinajstić information content (AvgIpc) is 1.95. The summed E-state index contributed by atoms with van der Waals surface area (Å²) in [6, 6.07) is 2.98. The first-order chi connectivity index (χ1) is 4.74. The summed E-state index contributed by atoms with van der Waals surface area (Å²) < 4.78 is 12.9. The maximum Gasteiger partial charge on any atom is 0.226 e. The molecular weight excluding hydrogens is 248 g/mol. The summed E-state index contributed by atoms with van der Waals surface area (Å²) in [5.41, 5.74) is 0.123. The van der Waals surface area contributed by atoms with Crippen LogP contribution < -0.4 is 0 Å². The summed E-state index contributed by atoms with van der Waals surface area (Å²) in [6.45, 7) is 0. The molecule has 0 bridgehead atoms. The highest BCUT2D eigenvalue weighted by molar-refractivity contribution is 14.1. The van der Waals surface area contributed by atoms with Crippen LogP contribution in [0, 0.1) is 9.52 Å². The summed E-state index contributed by atoms with van der Waals surface area (Å²) in [7, 11) is 0. The fourth-order valence-electron chi connectivity index (χ4n) is 0.497. The van der Waals surface area contributed by atoms with Gasteiger partial charge in [0.1, 0.15) is 5.69 Å². The molecule has 4 heteroatoms. The third-order valence-electron chi connectivity index (χ3n) is 0.946. The first kappa shape index (κ1) is 7.59. The first-order valence-corrected chi connectivity index (χ1v) is 3.59. The third-order valence-corrected chi connectivity index (χ3v) is 1.75. The van der Waals surface area contributed by atoms with Crippen LogP contribution in [0.5, 0.6) is 0 Å². The Balaban J connectivity index is 3.16. The quantitative estimate of drug-likeness (QED) is 0.431. The van der Waals surface area contributed by atoms with E-state index < -0.39 is 5.95 Å². The number of carbonyl (C=O) groups excluding carboxylic acids is 1. The second-order valence-corrected chi connectivity index (χ2v) is 2.79. The molecule has 0 N–H and O–H groups in total. The van der Waals surface area contributed by atoms with Crippen molar-refractivity contribution in [3.8, 4) is 0 Å². The molecule has 1 heterocycles. The van der Waals surface area contributed by atoms with Crippen LogP contribution in [0.15, 0.2) is 12.1 Å². The van der Waals surface area contributed by atoms with E-state index in [1.54, 1.807) is 22.6 Å². The van der Waals surface area contributed by atoms with Crippen molar-refractivity contribution in [3.63, 3.8) is 0 Å². The maximum atomic E-state index is 12.5. The van der Waals surface area contributed by atoms with Crippen molar-refractivity contribution in [1.29, 1.82) is 0 Å². The topological polar surface area (TPSA) is 30.0 Å². The van der Waals surface area contributed by atoms with Crippen molar-refractivity contribution in [1.82, 2.24) is 4.98 Å². The Hall–Kier alpha value is -0.520. The van der Waals surface area contributed by atoms with Gasteiger partial charge in [-0.1, -0.05) is 0 Å². The molecule has 0 aliphatic carbocycles. The van der Waals surface area contributed by atoms with E-state index in [2.05, 4.69) is 4.98 Å². The molecule has 0 spiro atoms. The van der Waals surface area contributed by atoms with Crippen LogP contribution in [-0.4, -0.2) is 11.3 Å². The Morgan fingerprint density at radius 1 is 1.60 bits per heavy atom. The van der Waals surface area contributed by atoms with Crippen LogP contribution in [0.25, 0.3) is 0 Å². The van der Waals surface area contributed by atoms with Crippen molar-refractivity contribution >= 4 is 28.9 Å². The van der Waals surface area contributed by atoms with Crippen molar-refractivity contribution in [3.05, 3.63) is 27.3 Å². The van der Waals surface area contributed by atoms with Gasteiger partial charge in [-0.2, -0.15) is 4.39 Å². The predicted octanol–water partition coefficient (Wildman–Crippen LogP) is 1.64. The first-order valence-electron chi connectivity index (χ1n) is 2.51. The maximum absolute atomic E-state index is 12.5. The summed E-state index contributed by atoms with van der Waals surface area (Å²) in [4.78, 5) is 13.4. The zero-order valence-electron chi connectivity index (χ0n) is 4.84. The SMILES string of the molecule is O=Cc1ccc(I)c(F)n1. The highest BCUT2D eigenvalue weighted by atomic mass is 127. The lowest BCUT2D eigenvalue weighted by atomic mass is 10.4. The van der Waals surface area contributed by atoms with Gasteiger partial charge in [-0.15, -0.1) is 0 Å². The summed E-state index contributed by atoms with van der Waals surface area (Å²) in [5, 5.41) is 0. The minimum atomic E-state index is -0.592. The summed E-state index contributed by atoms with van der Waals surface area (Å²) in [5.74, 6) is -0.592. The second kappa shape index (κ2) is 3.05. The van der Waals surface area contributed by atoms with E-state index in [0.29, 0.717) is 9.86 Å². The number of nitrogens with zero attached hydrogens (tertiary/aromatic N) is 1. The van der Waals surface area contributed by atoms with E-state index in [-0.39, 0.29) is 5.69 Å². The van der Waals surface area contributed by atoms with Gasteiger partial charge < -0.3 is 0 Å². The lowest BCUT2D eigenvalue weighted by Crippen LogP contribution is -1.92. The van der Waals surface area contributed by atoms with Crippen LogP contribution in [0.3, 0.4) is 0 Å². The van der Waals surface area contributed by atoms with Crippen LogP contribution in [0.2, 0.25) is 0 Å². The molecule has 0 aliphatic rings. The number of pyridine rings is 1. The molecule has 10 heavy (non-hydrogen) atoms. The van der Waals surface area contributed by atoms with Crippen LogP contribution in [-0.2, 0) is 0 Å². The molecule has 2 nitrogen and oxygen atoms in total. The highest BCUT2D eigenvalue weighted by Crippen LogP contribution is 2.07. The van der Waals surface area contributed by atoms with Crippen LogP contribution >= 0.6 is 22.6 Å². The molecule has 52 valence electrons. The van der Waals surface area contributed by atoms with Crippen molar-refractivity contribution in [2.24, 2.45) is 0 Å². The Labute approximate surface area is 70.6 Å². The monoisotopic (exact) mass is 251 g/mol. The Kier molecular flexibility index (Phi) is 2.31. The zero-order chi connectivity index (χ0) is 7.56. The normalized spacial score (nSPS) is 9.40. The Bertz CT molecular complexity index is 264. The Morgan fingerprint density at radius 2 is 2.30 bits per heavy atom. The molecule has 0 aliphatic heterocycles. The summed E-state index contributed by atoms with van der Waals surface area (Å²) in [6.07, 6.45) is 0.513. The Morgan fingerprint density at radius 3 is 2.80 bits per heavy atom. The van der Waals surface area contributed by atoms with E-state index in [1.165, 1.54) is 12.1 Å². The number of carbonyl (C=O) groups is 1. The van der Waals surface area contributed by atoms with Crippen molar-refractivity contribution < 1.29 is 9.18 Å². The molecule has 0 atom stereocenters. The molecule has 1 rings (SSSR count). The molecule has 0 unspecified atom stereocenters. The number of rotatable bonds is 1. The molecule has 0 radical (unpaired) electrons. The molecule has 1 aromatic heterocycles. The number of hydrogen-bond donors (Lipinski definition) is 0. The molecule has 0 fully saturated rings. The fourth-order valence-corrected chi connectivity index (χ4v) is 0.797. The van der Waals surface area contributed by atoms with Crippen LogP contribution in [0.1, 0.15) is 10.5 Å². The van der Waals surface area contributed by atoms with Gasteiger partial charge in [0.15, 0.2) is 6.29 Å². The van der Waals surface area contributed by atoms with Crippen LogP contribution in [0.4, 0.5) is 4.39 Å². The third kappa shape index (κ3) is 1.50. The zero-order valence-corrected chi connectivity index (χ0v) is 7.00. The van der Waals surface area contributed by atoms with Gasteiger partial charge in [0.05, 0.1) is 3.57 Å². The van der Waals surface area contributed by atoms with Gasteiger partial charge in [0.25, 0.3) is 0 Å². The molecule has 0 saturated heterocycles. The van der Waals surface area contributed by atoms with Gasteiger partial charge in [-0.05, 0) is 34.7 Å². The number of halogens is 2. The van der Waals surface area contributed by atoms with E-state index in [4.69, 9.17) is 0 Å². The van der Waals surface area contributed by atoms with E-state index in [1.807, 2.05) is 0 Å². The molecular formula is C6H3FINO. The largest absolute Gasteiger partial charge is 0.296 e. The van der Waals surface area contributed by atoms with Gasteiger partial charge in [0.2, 0.25) is 5.95 Å². The average molecular weight is 251 g/mol. The minimum Gasteiger partial charge on any atom is -0.296 e. The van der Waals surface area contributed by atoms with Crippen molar-refractivity contribution in [2.45, 2.75) is 0 Å². The van der Waals surface area contributed by atoms with E-state index >= 15 is 0 Å². The highest BCUT2D eigenvalue weighted by Gasteiger charge is 1.99. The number of hydrogen-bond acceptors (Lipinski definition) is 2. The molecule has 1 aromatic rings. The van der Waals surface area contributed by atoms with Crippen molar-refractivity contribution in [2.75, 3.05) is 0 Å². The lowest BCUT2D eigenvalue weighted by Gasteiger charge is -1.91.